The molecule has 0 aromatic carbocycles. The van der Waals surface area contributed by atoms with Crippen LogP contribution >= 0.6 is 0 Å². The van der Waals surface area contributed by atoms with Crippen molar-refractivity contribution in [2.45, 2.75) is 52.8 Å². The minimum atomic E-state index is -0.993. The number of carbonyl (C=O) groups excluding carboxylic acids is 2. The average Bonchev–Trinajstić information content (AvgIpc) is 2.26. The molecule has 0 N–H and O–H groups in total. The van der Waals surface area contributed by atoms with Crippen molar-refractivity contribution in [3.8, 4) is 0 Å². The van der Waals surface area contributed by atoms with E-state index in [-0.39, 0.29) is 12.1 Å². The number of ether oxygens (including phenoxy) is 2. The maximum atomic E-state index is 12.0. The van der Waals surface area contributed by atoms with Crippen LogP contribution in [0.25, 0.3) is 0 Å². The summed E-state index contributed by atoms with van der Waals surface area (Å²) < 4.78 is 9.73. The van der Waals surface area contributed by atoms with Crippen LogP contribution in [-0.2, 0) is 14.3 Å². The van der Waals surface area contributed by atoms with Gasteiger partial charge in [-0.25, -0.2) is 9.59 Å². The predicted molar refractivity (Wildman–Crippen MR) is 69.2 cm³/mol. The van der Waals surface area contributed by atoms with Crippen LogP contribution < -0.4 is 0 Å². The van der Waals surface area contributed by atoms with Crippen LogP contribution in [0.5, 0.6) is 0 Å². The zero-order chi connectivity index (χ0) is 14.3. The molecule has 0 aromatic rings. The summed E-state index contributed by atoms with van der Waals surface area (Å²) in [4.78, 5) is 25.0. The van der Waals surface area contributed by atoms with Crippen LogP contribution in [0, 0.1) is 0 Å². The first-order valence-electron chi connectivity index (χ1n) is 6.04. The highest BCUT2D eigenvalue weighted by Crippen LogP contribution is 2.10. The van der Waals surface area contributed by atoms with Crippen LogP contribution in [0.15, 0.2) is 12.2 Å². The standard InChI is InChI=1S/C13H23NO4/c1-7-8-11(12(15)17-6)18-13(16)14(9(2)3)10(4)5/h7-11H,1-6H3/b8-7+/t11-/m0/s1. The number of esters is 1. The third-order valence-electron chi connectivity index (χ3n) is 2.35. The normalized spacial score (nSPS) is 12.9. The van der Waals surface area contributed by atoms with Gasteiger partial charge in [0.25, 0.3) is 0 Å². The highest BCUT2D eigenvalue weighted by Gasteiger charge is 2.27. The van der Waals surface area contributed by atoms with E-state index in [1.807, 2.05) is 27.7 Å². The van der Waals surface area contributed by atoms with Gasteiger partial charge >= 0.3 is 12.1 Å². The summed E-state index contributed by atoms with van der Waals surface area (Å²) in [6.45, 7) is 9.31. The second-order valence-corrected chi connectivity index (χ2v) is 4.45. The molecule has 0 bridgehead atoms. The van der Waals surface area contributed by atoms with Crippen molar-refractivity contribution < 1.29 is 19.1 Å². The summed E-state index contributed by atoms with van der Waals surface area (Å²) in [5.74, 6) is -0.589. The van der Waals surface area contributed by atoms with Crippen LogP contribution in [0.1, 0.15) is 34.6 Å². The van der Waals surface area contributed by atoms with Crippen LogP contribution in [0.2, 0.25) is 0 Å². The Kier molecular flexibility index (Phi) is 7.08. The minimum absolute atomic E-state index is 0.00130. The second-order valence-electron chi connectivity index (χ2n) is 4.45. The number of methoxy groups -OCH3 is 1. The molecule has 5 heteroatoms. The molecule has 0 rings (SSSR count). The Morgan fingerprint density at radius 1 is 1.11 bits per heavy atom. The van der Waals surface area contributed by atoms with Crippen molar-refractivity contribution in [3.05, 3.63) is 12.2 Å². The summed E-state index contributed by atoms with van der Waals surface area (Å²) in [6, 6.07) is 0.00260. The first kappa shape index (κ1) is 16.5. The van der Waals surface area contributed by atoms with Crippen LogP contribution in [0.3, 0.4) is 0 Å². The zero-order valence-corrected chi connectivity index (χ0v) is 12.0. The summed E-state index contributed by atoms with van der Waals surface area (Å²) in [6.07, 6.45) is 1.62. The third kappa shape index (κ3) is 4.77. The Morgan fingerprint density at radius 2 is 1.61 bits per heavy atom. The number of nitrogens with zero attached hydrogens (tertiary/aromatic N) is 1. The quantitative estimate of drug-likeness (QED) is 0.560. The fourth-order valence-electron chi connectivity index (χ4n) is 1.64. The van der Waals surface area contributed by atoms with Gasteiger partial charge in [0.15, 0.2) is 0 Å². The van der Waals surface area contributed by atoms with Crippen molar-refractivity contribution in [3.63, 3.8) is 0 Å². The molecule has 104 valence electrons. The van der Waals surface area contributed by atoms with E-state index in [1.54, 1.807) is 17.9 Å². The van der Waals surface area contributed by atoms with E-state index in [0.29, 0.717) is 0 Å². The monoisotopic (exact) mass is 257 g/mol. The number of amides is 1. The van der Waals surface area contributed by atoms with Crippen molar-refractivity contribution in [1.82, 2.24) is 4.90 Å². The van der Waals surface area contributed by atoms with Gasteiger partial charge in [0.2, 0.25) is 6.10 Å². The van der Waals surface area contributed by atoms with E-state index in [1.165, 1.54) is 13.2 Å². The van der Waals surface area contributed by atoms with Crippen LogP contribution in [0.4, 0.5) is 4.79 Å². The lowest BCUT2D eigenvalue weighted by molar-refractivity contribution is -0.148. The number of hydrogen-bond donors (Lipinski definition) is 0. The molecule has 0 radical (unpaired) electrons. The van der Waals surface area contributed by atoms with Gasteiger partial charge in [-0.15, -0.1) is 0 Å². The SMILES string of the molecule is C/C=C/[C@H](OC(=O)N(C(C)C)C(C)C)C(=O)OC. The van der Waals surface area contributed by atoms with Gasteiger partial charge in [0.1, 0.15) is 0 Å². The Morgan fingerprint density at radius 3 is 1.94 bits per heavy atom. The molecule has 0 saturated heterocycles. The maximum absolute atomic E-state index is 12.0. The predicted octanol–water partition coefficient (Wildman–Crippen LogP) is 2.36. The van der Waals surface area contributed by atoms with E-state index in [2.05, 4.69) is 4.74 Å². The Bertz CT molecular complexity index is 302. The molecule has 1 atom stereocenters. The number of allylic oxidation sites excluding steroid dienone is 1. The van der Waals surface area contributed by atoms with Gasteiger partial charge in [0.05, 0.1) is 7.11 Å². The fourth-order valence-corrected chi connectivity index (χ4v) is 1.64. The van der Waals surface area contributed by atoms with E-state index in [0.717, 1.165) is 0 Å². The van der Waals surface area contributed by atoms with Crippen LogP contribution in [-0.4, -0.2) is 42.3 Å². The fraction of sp³-hybridized carbons (Fsp3) is 0.692. The lowest BCUT2D eigenvalue weighted by Gasteiger charge is -2.30. The molecule has 0 heterocycles. The largest absolute Gasteiger partial charge is 0.466 e. The molecule has 0 aliphatic carbocycles. The maximum Gasteiger partial charge on any atom is 0.411 e. The average molecular weight is 257 g/mol. The highest BCUT2D eigenvalue weighted by atomic mass is 16.6. The van der Waals surface area contributed by atoms with Gasteiger partial charge in [-0.05, 0) is 40.7 Å². The van der Waals surface area contributed by atoms with E-state index < -0.39 is 18.2 Å². The zero-order valence-electron chi connectivity index (χ0n) is 12.0. The molecule has 0 unspecified atom stereocenters. The first-order valence-corrected chi connectivity index (χ1v) is 6.04. The third-order valence-corrected chi connectivity index (χ3v) is 2.35. The minimum Gasteiger partial charge on any atom is -0.466 e. The summed E-state index contributed by atoms with van der Waals surface area (Å²) in [7, 11) is 1.26. The summed E-state index contributed by atoms with van der Waals surface area (Å²) in [5.41, 5.74) is 0. The second kappa shape index (κ2) is 7.74. The molecule has 0 spiro atoms. The van der Waals surface area contributed by atoms with Crippen molar-refractivity contribution in [2.24, 2.45) is 0 Å². The molecular weight excluding hydrogens is 234 g/mol. The lowest BCUT2D eigenvalue weighted by Crippen LogP contribution is -2.44. The van der Waals surface area contributed by atoms with E-state index >= 15 is 0 Å². The van der Waals surface area contributed by atoms with Crippen molar-refractivity contribution in [2.75, 3.05) is 7.11 Å². The van der Waals surface area contributed by atoms with Crippen molar-refractivity contribution in [1.29, 1.82) is 0 Å². The van der Waals surface area contributed by atoms with Gasteiger partial charge in [-0.3, -0.25) is 0 Å². The summed E-state index contributed by atoms with van der Waals surface area (Å²) >= 11 is 0. The van der Waals surface area contributed by atoms with Gasteiger partial charge < -0.3 is 14.4 Å². The van der Waals surface area contributed by atoms with Gasteiger partial charge in [-0.2, -0.15) is 0 Å². The Labute approximate surface area is 109 Å². The number of rotatable bonds is 5. The smallest absolute Gasteiger partial charge is 0.411 e. The molecule has 0 aliphatic rings. The first-order chi connectivity index (χ1) is 8.34. The number of carbonyl (C=O) groups is 2. The molecule has 1 amide bonds. The van der Waals surface area contributed by atoms with E-state index in [9.17, 15) is 9.59 Å². The number of hydrogen-bond acceptors (Lipinski definition) is 4. The Hall–Kier alpha value is -1.52. The van der Waals surface area contributed by atoms with Gasteiger partial charge in [0, 0.05) is 12.1 Å². The van der Waals surface area contributed by atoms with Crippen molar-refractivity contribution >= 4 is 12.1 Å². The molecule has 5 nitrogen and oxygen atoms in total. The molecular formula is C13H23NO4. The van der Waals surface area contributed by atoms with Gasteiger partial charge in [-0.1, -0.05) is 6.08 Å². The molecule has 0 aliphatic heterocycles. The van der Waals surface area contributed by atoms with E-state index in [4.69, 9.17) is 4.74 Å². The molecule has 18 heavy (non-hydrogen) atoms. The Balaban J connectivity index is 4.82. The molecule has 0 fully saturated rings. The molecule has 0 saturated carbocycles. The molecule has 0 aromatic heterocycles. The topological polar surface area (TPSA) is 55.8 Å². The lowest BCUT2D eigenvalue weighted by atomic mass is 10.2. The highest BCUT2D eigenvalue weighted by molar-refractivity contribution is 5.80. The summed E-state index contributed by atoms with van der Waals surface area (Å²) in [5, 5.41) is 0.